The topological polar surface area (TPSA) is 273 Å². The average Bonchev–Trinajstić information content (AvgIpc) is 3.66. The summed E-state index contributed by atoms with van der Waals surface area (Å²) < 4.78 is 0. The number of aliphatic carboxylic acids is 1. The van der Waals surface area contributed by atoms with Crippen molar-refractivity contribution in [2.75, 3.05) is 42.3 Å². The molecule has 0 saturated carbocycles. The number of hydrogen-bond acceptors (Lipinski definition) is 13. The van der Waals surface area contributed by atoms with Crippen molar-refractivity contribution in [3.63, 3.8) is 0 Å². The largest absolute Gasteiger partial charge is 0.480 e. The van der Waals surface area contributed by atoms with E-state index in [0.717, 1.165) is 30.7 Å². The van der Waals surface area contributed by atoms with Crippen molar-refractivity contribution >= 4 is 70.1 Å². The molecule has 5 rings (SSSR count). The second-order valence-corrected chi connectivity index (χ2v) is 13.6. The molecule has 272 valence electrons. The molecule has 51 heavy (non-hydrogen) atoms. The van der Waals surface area contributed by atoms with Crippen LogP contribution in [0, 0.1) is 0 Å². The zero-order valence-corrected chi connectivity index (χ0v) is 28.9. The number of nitrogens with zero attached hydrogens (tertiary/aromatic N) is 5. The number of carbonyl (C=O) groups is 5. The van der Waals surface area contributed by atoms with E-state index >= 15 is 0 Å². The number of unbranched alkanes of at least 4 members (excludes halogenated alkanes) is 1. The van der Waals surface area contributed by atoms with E-state index in [1.54, 1.807) is 30.5 Å². The first-order chi connectivity index (χ1) is 24.5. The van der Waals surface area contributed by atoms with Crippen LogP contribution in [0.5, 0.6) is 0 Å². The molecule has 2 aliphatic heterocycles. The van der Waals surface area contributed by atoms with E-state index in [2.05, 4.69) is 46.5 Å². The molecule has 2 aliphatic rings. The van der Waals surface area contributed by atoms with Crippen LogP contribution >= 0.6 is 11.8 Å². The van der Waals surface area contributed by atoms with Gasteiger partial charge in [-0.2, -0.15) is 21.7 Å². The monoisotopic (exact) mass is 722 g/mol. The minimum absolute atomic E-state index is 0.00847. The van der Waals surface area contributed by atoms with Crippen LogP contribution in [0.2, 0.25) is 0 Å². The Morgan fingerprint density at radius 3 is 2.47 bits per heavy atom. The third-order valence-corrected chi connectivity index (χ3v) is 10.1. The minimum atomic E-state index is -1.28. The number of carboxylic acid groups (broad SMARTS) is 1. The number of hydrogen-bond donors (Lipinski definition) is 8. The number of nitrogen functional groups attached to an aromatic ring is 2. The fraction of sp³-hybridized carbons (Fsp3) is 0.469. The molecular formula is C32H42N12O6S. The van der Waals surface area contributed by atoms with Gasteiger partial charge in [0.05, 0.1) is 30.5 Å². The Hall–Kier alpha value is -5.46. The zero-order valence-electron chi connectivity index (χ0n) is 28.1. The van der Waals surface area contributed by atoms with Crippen LogP contribution in [0.4, 0.5) is 22.2 Å². The predicted molar refractivity (Wildman–Crippen MR) is 191 cm³/mol. The summed E-state index contributed by atoms with van der Waals surface area (Å²) in [5.74, 6) is -1.33. The summed E-state index contributed by atoms with van der Waals surface area (Å²) in [5, 5.41) is 23.8. The quantitative estimate of drug-likeness (QED) is 0.0680. The zero-order chi connectivity index (χ0) is 36.5. The molecule has 0 spiro atoms. The maximum absolute atomic E-state index is 12.8. The number of carboxylic acids is 1. The lowest BCUT2D eigenvalue weighted by atomic mass is 10.0. The van der Waals surface area contributed by atoms with Crippen LogP contribution < -0.4 is 43.0 Å². The van der Waals surface area contributed by atoms with E-state index in [4.69, 9.17) is 11.5 Å². The number of urea groups is 1. The molecule has 0 unspecified atom stereocenters. The molecule has 10 N–H and O–H groups in total. The molecule has 1 aromatic carbocycles. The number of anilines is 3. The van der Waals surface area contributed by atoms with Crippen LogP contribution in [0.25, 0.3) is 11.2 Å². The molecule has 0 radical (unpaired) electrons. The lowest BCUT2D eigenvalue weighted by Crippen LogP contribution is -2.42. The molecule has 2 fully saturated rings. The highest BCUT2D eigenvalue weighted by molar-refractivity contribution is 8.00. The third kappa shape index (κ3) is 10.1. The summed E-state index contributed by atoms with van der Waals surface area (Å²) in [4.78, 5) is 79.3. The lowest BCUT2D eigenvalue weighted by molar-refractivity contribution is -0.139. The molecule has 19 heteroatoms. The highest BCUT2D eigenvalue weighted by Crippen LogP contribution is 2.33. The molecule has 2 aromatic heterocycles. The number of benzene rings is 1. The Morgan fingerprint density at radius 1 is 1.02 bits per heavy atom. The number of carbonyl (C=O) groups excluding carboxylic acids is 4. The Morgan fingerprint density at radius 2 is 1.75 bits per heavy atom. The van der Waals surface area contributed by atoms with E-state index in [-0.39, 0.29) is 67.3 Å². The summed E-state index contributed by atoms with van der Waals surface area (Å²) in [6, 6.07) is 5.50. The maximum atomic E-state index is 12.8. The van der Waals surface area contributed by atoms with Crippen molar-refractivity contribution in [3.8, 4) is 0 Å². The Balaban J connectivity index is 0.973. The SMILES string of the molecule is CN(Cc1cnc2nc(N)nc(N)c2n1)c1ccc(C(=O)N[C@@H](CCC(=O)NCCNC(=O)CCCC[C@@H]2SC[C@@H]3NC(=O)N[C@@H]32)C(=O)O)cc1. The molecule has 3 aromatic rings. The fourth-order valence-corrected chi connectivity index (χ4v) is 7.43. The maximum Gasteiger partial charge on any atom is 0.326 e. The molecule has 4 heterocycles. The van der Waals surface area contributed by atoms with Gasteiger partial charge in [0.2, 0.25) is 17.8 Å². The van der Waals surface area contributed by atoms with E-state index in [9.17, 15) is 29.1 Å². The van der Waals surface area contributed by atoms with Gasteiger partial charge in [-0.3, -0.25) is 14.4 Å². The first-order valence-electron chi connectivity index (χ1n) is 16.6. The van der Waals surface area contributed by atoms with E-state index < -0.39 is 23.8 Å². The highest BCUT2D eigenvalue weighted by Gasteiger charge is 2.42. The third-order valence-electron chi connectivity index (χ3n) is 8.58. The molecule has 5 amide bonds. The average molecular weight is 723 g/mol. The molecule has 0 aliphatic carbocycles. The van der Waals surface area contributed by atoms with Gasteiger partial charge in [0.15, 0.2) is 17.0 Å². The number of fused-ring (bicyclic) bond motifs is 2. The van der Waals surface area contributed by atoms with Crippen molar-refractivity contribution < 1.29 is 29.1 Å². The Bertz CT molecular complexity index is 1760. The number of amides is 5. The van der Waals surface area contributed by atoms with Crippen LogP contribution in [-0.4, -0.2) is 104 Å². The first kappa shape index (κ1) is 36.8. The number of thioether (sulfide) groups is 1. The number of rotatable bonds is 17. The minimum Gasteiger partial charge on any atom is -0.480 e. The summed E-state index contributed by atoms with van der Waals surface area (Å²) in [6.07, 6.45) is 4.20. The van der Waals surface area contributed by atoms with Gasteiger partial charge in [-0.1, -0.05) is 6.42 Å². The summed E-state index contributed by atoms with van der Waals surface area (Å²) >= 11 is 1.84. The lowest BCUT2D eigenvalue weighted by Gasteiger charge is -2.19. The standard InChI is InChI=1S/C32H42N12O6S/c1-44(15-18-14-37-28-26(38-18)27(33)42-31(34)43-28)19-8-6-17(7-9-19)29(47)39-20(30(48)49)10-11-24(46)36-13-12-35-23(45)5-3-2-4-22-25-21(16-51-22)40-32(50)41-25/h6-9,14,20-22,25H,2-5,10-13,15-16H2,1H3,(H,35,45)(H,36,46)(H,39,47)(H,48,49)(H2,40,41,50)(H4,33,34,37,42,43)/t20-,21-,22-,25-/m0/s1. The highest BCUT2D eigenvalue weighted by atomic mass is 32.2. The summed E-state index contributed by atoms with van der Waals surface area (Å²) in [6.45, 7) is 0.787. The van der Waals surface area contributed by atoms with Gasteiger partial charge >= 0.3 is 12.0 Å². The summed E-state index contributed by atoms with van der Waals surface area (Å²) in [5.41, 5.74) is 13.8. The van der Waals surface area contributed by atoms with Crippen LogP contribution in [0.15, 0.2) is 30.5 Å². The van der Waals surface area contributed by atoms with Crippen LogP contribution in [-0.2, 0) is 20.9 Å². The van der Waals surface area contributed by atoms with Gasteiger partial charge in [0, 0.05) is 55.2 Å². The van der Waals surface area contributed by atoms with E-state index in [1.165, 1.54) is 0 Å². The smallest absolute Gasteiger partial charge is 0.326 e. The second-order valence-electron chi connectivity index (χ2n) is 12.4. The van der Waals surface area contributed by atoms with E-state index in [0.29, 0.717) is 35.1 Å². The normalized spacial score (nSPS) is 18.3. The van der Waals surface area contributed by atoms with E-state index in [1.807, 2.05) is 23.7 Å². The van der Waals surface area contributed by atoms with Gasteiger partial charge in [-0.05, 0) is 43.5 Å². The van der Waals surface area contributed by atoms with Crippen molar-refractivity contribution in [3.05, 3.63) is 41.7 Å². The Labute approximate surface area is 297 Å². The Kier molecular flexibility index (Phi) is 12.2. The molecule has 18 nitrogen and oxygen atoms in total. The van der Waals surface area contributed by atoms with Crippen LogP contribution in [0.3, 0.4) is 0 Å². The van der Waals surface area contributed by atoms with Crippen LogP contribution in [0.1, 0.15) is 54.6 Å². The van der Waals surface area contributed by atoms with Crippen molar-refractivity contribution in [1.82, 2.24) is 46.5 Å². The number of nitrogens with two attached hydrogens (primary N) is 2. The van der Waals surface area contributed by atoms with Gasteiger partial charge < -0.3 is 48.1 Å². The molecule has 0 bridgehead atoms. The van der Waals surface area contributed by atoms with Gasteiger partial charge in [-0.15, -0.1) is 0 Å². The number of aromatic nitrogens is 4. The van der Waals surface area contributed by atoms with Crippen molar-refractivity contribution in [2.45, 2.75) is 68.4 Å². The molecule has 2 saturated heterocycles. The molecule has 4 atom stereocenters. The number of nitrogens with one attached hydrogen (secondary N) is 5. The fourth-order valence-electron chi connectivity index (χ4n) is 5.89. The van der Waals surface area contributed by atoms with Crippen molar-refractivity contribution in [2.24, 2.45) is 0 Å². The first-order valence-corrected chi connectivity index (χ1v) is 17.6. The van der Waals surface area contributed by atoms with Gasteiger partial charge in [0.25, 0.3) is 5.91 Å². The molecular weight excluding hydrogens is 680 g/mol. The van der Waals surface area contributed by atoms with Crippen molar-refractivity contribution in [1.29, 1.82) is 0 Å². The van der Waals surface area contributed by atoms with Gasteiger partial charge in [-0.25, -0.2) is 19.6 Å². The second kappa shape index (κ2) is 17.0. The van der Waals surface area contributed by atoms with Gasteiger partial charge in [0.1, 0.15) is 6.04 Å². The predicted octanol–water partition coefficient (Wildman–Crippen LogP) is 0.142. The summed E-state index contributed by atoms with van der Waals surface area (Å²) in [7, 11) is 1.83.